The van der Waals surface area contributed by atoms with Crippen molar-refractivity contribution in [1.29, 1.82) is 0 Å². The third-order valence-corrected chi connectivity index (χ3v) is 3.73. The molecule has 4 heteroatoms. The van der Waals surface area contributed by atoms with E-state index in [2.05, 4.69) is 42.6 Å². The Balaban J connectivity index is 2.66. The van der Waals surface area contributed by atoms with Crippen LogP contribution in [0.4, 0.5) is 0 Å². The maximum Gasteiger partial charge on any atom is 0.194 e. The number of rotatable bonds is 3. The Bertz CT molecular complexity index is 261. The molecule has 1 aliphatic heterocycles. The van der Waals surface area contributed by atoms with Crippen LogP contribution in [-0.2, 0) is 0 Å². The lowest BCUT2D eigenvalue weighted by Gasteiger charge is -2.39. The van der Waals surface area contributed by atoms with E-state index in [0.29, 0.717) is 11.3 Å². The van der Waals surface area contributed by atoms with Gasteiger partial charge in [0.25, 0.3) is 0 Å². The van der Waals surface area contributed by atoms with Crippen molar-refractivity contribution in [2.45, 2.75) is 25.5 Å². The Hall–Kier alpha value is -0.640. The van der Waals surface area contributed by atoms with Gasteiger partial charge in [-0.2, -0.15) is 11.8 Å². The molecule has 1 saturated heterocycles. The van der Waals surface area contributed by atoms with Crippen molar-refractivity contribution < 1.29 is 0 Å². The van der Waals surface area contributed by atoms with Gasteiger partial charge in [-0.05, 0) is 20.8 Å². The van der Waals surface area contributed by atoms with Crippen molar-refractivity contribution in [3.05, 3.63) is 12.7 Å². The SMILES string of the molecule is C=CCN=C(NCC)N1CCSC(C)(C)C1. The van der Waals surface area contributed by atoms with Crippen LogP contribution in [0.3, 0.4) is 0 Å². The third kappa shape index (κ3) is 4.08. The van der Waals surface area contributed by atoms with Crippen LogP contribution in [0.5, 0.6) is 0 Å². The van der Waals surface area contributed by atoms with Crippen LogP contribution in [0.25, 0.3) is 0 Å². The summed E-state index contributed by atoms with van der Waals surface area (Å²) < 4.78 is 0.322. The lowest BCUT2D eigenvalue weighted by molar-refractivity contribution is 0.376. The molecule has 0 aromatic rings. The van der Waals surface area contributed by atoms with Gasteiger partial charge in [-0.15, -0.1) is 6.58 Å². The Morgan fingerprint density at radius 1 is 1.62 bits per heavy atom. The van der Waals surface area contributed by atoms with Gasteiger partial charge in [0.15, 0.2) is 5.96 Å². The molecule has 3 nitrogen and oxygen atoms in total. The highest BCUT2D eigenvalue weighted by Crippen LogP contribution is 2.29. The second kappa shape index (κ2) is 6.18. The van der Waals surface area contributed by atoms with E-state index in [-0.39, 0.29) is 0 Å². The topological polar surface area (TPSA) is 27.6 Å². The second-order valence-electron chi connectivity index (χ2n) is 4.51. The minimum atomic E-state index is 0.322. The number of aliphatic imine (C=N–C) groups is 1. The molecule has 0 saturated carbocycles. The van der Waals surface area contributed by atoms with Crippen LogP contribution in [0.15, 0.2) is 17.6 Å². The van der Waals surface area contributed by atoms with E-state index in [1.807, 2.05) is 17.8 Å². The second-order valence-corrected chi connectivity index (χ2v) is 6.32. The van der Waals surface area contributed by atoms with E-state index < -0.39 is 0 Å². The lowest BCUT2D eigenvalue weighted by atomic mass is 10.2. The van der Waals surface area contributed by atoms with E-state index >= 15 is 0 Å². The zero-order valence-corrected chi connectivity index (χ0v) is 11.4. The summed E-state index contributed by atoms with van der Waals surface area (Å²) in [5, 5.41) is 3.34. The molecular weight excluding hydrogens is 218 g/mol. The molecule has 0 unspecified atom stereocenters. The zero-order chi connectivity index (χ0) is 12.0. The first-order valence-electron chi connectivity index (χ1n) is 5.87. The number of nitrogens with one attached hydrogen (secondary N) is 1. The highest BCUT2D eigenvalue weighted by molar-refractivity contribution is 8.00. The maximum absolute atomic E-state index is 4.53. The average molecular weight is 241 g/mol. The molecule has 16 heavy (non-hydrogen) atoms. The van der Waals surface area contributed by atoms with E-state index in [4.69, 9.17) is 0 Å². The maximum atomic E-state index is 4.53. The molecule has 1 aliphatic rings. The molecule has 0 aliphatic carbocycles. The summed E-state index contributed by atoms with van der Waals surface area (Å²) >= 11 is 2.04. The summed E-state index contributed by atoms with van der Waals surface area (Å²) in [4.78, 5) is 6.88. The molecule has 0 bridgehead atoms. The average Bonchev–Trinajstić information content (AvgIpc) is 2.22. The smallest absolute Gasteiger partial charge is 0.194 e. The van der Waals surface area contributed by atoms with Crippen LogP contribution in [0.1, 0.15) is 20.8 Å². The summed E-state index contributed by atoms with van der Waals surface area (Å²) in [5.74, 6) is 2.20. The molecule has 1 N–H and O–H groups in total. The predicted molar refractivity (Wildman–Crippen MR) is 74.3 cm³/mol. The Morgan fingerprint density at radius 3 is 2.94 bits per heavy atom. The third-order valence-electron chi connectivity index (χ3n) is 2.43. The van der Waals surface area contributed by atoms with E-state index in [0.717, 1.165) is 25.6 Å². The number of thioether (sulfide) groups is 1. The van der Waals surface area contributed by atoms with Crippen molar-refractivity contribution in [1.82, 2.24) is 10.2 Å². The van der Waals surface area contributed by atoms with Gasteiger partial charge < -0.3 is 10.2 Å². The Labute approximate surface area is 103 Å². The Kier molecular flexibility index (Phi) is 5.19. The van der Waals surface area contributed by atoms with E-state index in [9.17, 15) is 0 Å². The first kappa shape index (κ1) is 13.4. The monoisotopic (exact) mass is 241 g/mol. The standard InChI is InChI=1S/C12H23N3S/c1-5-7-14-11(13-6-2)15-8-9-16-12(3,4)10-15/h5H,1,6-10H2,2-4H3,(H,13,14). The highest BCUT2D eigenvalue weighted by atomic mass is 32.2. The van der Waals surface area contributed by atoms with Gasteiger partial charge in [0.1, 0.15) is 0 Å². The fourth-order valence-corrected chi connectivity index (χ4v) is 2.89. The minimum absolute atomic E-state index is 0.322. The van der Waals surface area contributed by atoms with Gasteiger partial charge >= 0.3 is 0 Å². The number of hydrogen-bond acceptors (Lipinski definition) is 2. The highest BCUT2D eigenvalue weighted by Gasteiger charge is 2.28. The summed E-state index contributed by atoms with van der Waals surface area (Å²) in [7, 11) is 0. The quantitative estimate of drug-likeness (QED) is 0.465. The minimum Gasteiger partial charge on any atom is -0.357 e. The van der Waals surface area contributed by atoms with Crippen LogP contribution in [0, 0.1) is 0 Å². The summed E-state index contributed by atoms with van der Waals surface area (Å²) in [6, 6.07) is 0. The molecule has 0 spiro atoms. The molecule has 1 heterocycles. The van der Waals surface area contributed by atoms with E-state index in [1.165, 1.54) is 5.75 Å². The van der Waals surface area contributed by atoms with Gasteiger partial charge in [0.2, 0.25) is 0 Å². The number of hydrogen-bond donors (Lipinski definition) is 1. The van der Waals surface area contributed by atoms with Crippen molar-refractivity contribution in [3.63, 3.8) is 0 Å². The molecule has 92 valence electrons. The first-order chi connectivity index (χ1) is 7.59. The van der Waals surface area contributed by atoms with Crippen LogP contribution >= 0.6 is 11.8 Å². The molecule has 0 radical (unpaired) electrons. The van der Waals surface area contributed by atoms with Gasteiger partial charge in [0.05, 0.1) is 6.54 Å². The lowest BCUT2D eigenvalue weighted by Crippen LogP contribution is -2.51. The number of guanidine groups is 1. The van der Waals surface area contributed by atoms with Gasteiger partial charge in [0, 0.05) is 30.1 Å². The molecule has 0 aromatic heterocycles. The van der Waals surface area contributed by atoms with Crippen LogP contribution in [-0.4, -0.2) is 47.5 Å². The van der Waals surface area contributed by atoms with Crippen molar-refractivity contribution in [2.24, 2.45) is 4.99 Å². The van der Waals surface area contributed by atoms with Crippen LogP contribution < -0.4 is 5.32 Å². The molecule has 1 rings (SSSR count). The number of nitrogens with zero attached hydrogens (tertiary/aromatic N) is 2. The van der Waals surface area contributed by atoms with Gasteiger partial charge in [-0.1, -0.05) is 6.08 Å². The fraction of sp³-hybridized carbons (Fsp3) is 0.750. The van der Waals surface area contributed by atoms with Crippen molar-refractivity contribution in [3.8, 4) is 0 Å². The molecule has 0 aromatic carbocycles. The van der Waals surface area contributed by atoms with Crippen molar-refractivity contribution in [2.75, 3.05) is 31.9 Å². The zero-order valence-electron chi connectivity index (χ0n) is 10.6. The Morgan fingerprint density at radius 2 is 2.38 bits per heavy atom. The fourth-order valence-electron chi connectivity index (χ4n) is 1.77. The summed E-state index contributed by atoms with van der Waals surface area (Å²) in [5.41, 5.74) is 0. The largest absolute Gasteiger partial charge is 0.357 e. The van der Waals surface area contributed by atoms with E-state index in [1.54, 1.807) is 0 Å². The normalized spacial score (nSPS) is 20.7. The molecule has 1 fully saturated rings. The molecule has 0 atom stereocenters. The summed E-state index contributed by atoms with van der Waals surface area (Å²) in [6.07, 6.45) is 1.83. The summed E-state index contributed by atoms with van der Waals surface area (Å²) in [6.45, 7) is 14.1. The van der Waals surface area contributed by atoms with Gasteiger partial charge in [-0.3, -0.25) is 0 Å². The molecule has 0 amide bonds. The first-order valence-corrected chi connectivity index (χ1v) is 6.86. The van der Waals surface area contributed by atoms with Crippen LogP contribution in [0.2, 0.25) is 0 Å². The van der Waals surface area contributed by atoms with Gasteiger partial charge in [-0.25, -0.2) is 4.99 Å². The predicted octanol–water partition coefficient (Wildman–Crippen LogP) is 1.97. The van der Waals surface area contributed by atoms with Crippen molar-refractivity contribution >= 4 is 17.7 Å². The molecular formula is C12H23N3S.